The van der Waals surface area contributed by atoms with E-state index in [4.69, 9.17) is 23.2 Å². The Kier molecular flexibility index (Phi) is 4.89. The van der Waals surface area contributed by atoms with E-state index in [0.29, 0.717) is 51.0 Å². The molecule has 1 saturated heterocycles. The monoisotopic (exact) mass is 403 g/mol. The number of halogens is 3. The molecule has 0 unspecified atom stereocenters. The number of hydrogen-bond donors (Lipinski definition) is 1. The summed E-state index contributed by atoms with van der Waals surface area (Å²) in [7, 11) is 0. The molecule has 0 saturated carbocycles. The highest BCUT2D eigenvalue weighted by molar-refractivity contribution is 6.42. The van der Waals surface area contributed by atoms with E-state index in [1.807, 2.05) is 0 Å². The maximum atomic E-state index is 13.9. The van der Waals surface area contributed by atoms with Crippen LogP contribution in [0.2, 0.25) is 10.0 Å². The number of benzene rings is 2. The van der Waals surface area contributed by atoms with Crippen molar-refractivity contribution in [1.82, 2.24) is 9.88 Å². The Morgan fingerprint density at radius 1 is 1.07 bits per heavy atom. The number of amides is 1. The average molecular weight is 404 g/mol. The standard InChI is InChI=1S/C20H16Cl2FN3O/c21-16-5-4-13(10-17(16)22)25-19-14-9-12(23)3-6-18(14)24-11-15(19)20(27)26-7-1-2-8-26/h3-6,9-11H,1-2,7-8H2,(H,24,25). The van der Waals surface area contributed by atoms with Crippen LogP contribution >= 0.6 is 23.2 Å². The zero-order valence-corrected chi connectivity index (χ0v) is 15.8. The second-order valence-corrected chi connectivity index (χ2v) is 7.28. The van der Waals surface area contributed by atoms with Crippen molar-refractivity contribution in [3.8, 4) is 0 Å². The van der Waals surface area contributed by atoms with E-state index < -0.39 is 5.82 Å². The molecule has 2 heterocycles. The van der Waals surface area contributed by atoms with Crippen molar-refractivity contribution in [3.05, 3.63) is 64.0 Å². The van der Waals surface area contributed by atoms with Crippen molar-refractivity contribution >= 4 is 51.4 Å². The summed E-state index contributed by atoms with van der Waals surface area (Å²) < 4.78 is 13.9. The number of rotatable bonds is 3. The topological polar surface area (TPSA) is 45.2 Å². The molecule has 0 spiro atoms. The summed E-state index contributed by atoms with van der Waals surface area (Å²) >= 11 is 12.1. The summed E-state index contributed by atoms with van der Waals surface area (Å²) in [5, 5.41) is 4.57. The summed E-state index contributed by atoms with van der Waals surface area (Å²) in [6.45, 7) is 1.43. The van der Waals surface area contributed by atoms with Crippen LogP contribution in [-0.4, -0.2) is 28.9 Å². The van der Waals surface area contributed by atoms with Crippen LogP contribution in [-0.2, 0) is 0 Å². The highest BCUT2D eigenvalue weighted by atomic mass is 35.5. The van der Waals surface area contributed by atoms with E-state index in [2.05, 4.69) is 10.3 Å². The van der Waals surface area contributed by atoms with Crippen molar-refractivity contribution in [2.24, 2.45) is 0 Å². The average Bonchev–Trinajstić information content (AvgIpc) is 3.19. The van der Waals surface area contributed by atoms with Gasteiger partial charge in [0.15, 0.2) is 0 Å². The van der Waals surface area contributed by atoms with Crippen LogP contribution in [0.4, 0.5) is 15.8 Å². The molecule has 0 aliphatic carbocycles. The van der Waals surface area contributed by atoms with Crippen LogP contribution in [0.5, 0.6) is 0 Å². The molecule has 1 amide bonds. The first-order chi connectivity index (χ1) is 13.0. The lowest BCUT2D eigenvalue weighted by atomic mass is 10.1. The van der Waals surface area contributed by atoms with Gasteiger partial charge in [-0.3, -0.25) is 9.78 Å². The molecule has 1 aliphatic heterocycles. The van der Waals surface area contributed by atoms with Gasteiger partial charge in [0.1, 0.15) is 5.82 Å². The van der Waals surface area contributed by atoms with Gasteiger partial charge in [-0.25, -0.2) is 4.39 Å². The van der Waals surface area contributed by atoms with E-state index >= 15 is 0 Å². The minimum Gasteiger partial charge on any atom is -0.354 e. The molecule has 1 fully saturated rings. The first-order valence-electron chi connectivity index (χ1n) is 8.62. The third-order valence-corrected chi connectivity index (χ3v) is 5.38. The van der Waals surface area contributed by atoms with Crippen LogP contribution in [0.25, 0.3) is 10.9 Å². The van der Waals surface area contributed by atoms with Crippen molar-refractivity contribution in [3.63, 3.8) is 0 Å². The number of fused-ring (bicyclic) bond motifs is 1. The van der Waals surface area contributed by atoms with Gasteiger partial charge in [0.2, 0.25) is 0 Å². The molecule has 138 valence electrons. The number of nitrogens with zero attached hydrogens (tertiary/aromatic N) is 2. The van der Waals surface area contributed by atoms with Gasteiger partial charge in [0, 0.05) is 30.4 Å². The van der Waals surface area contributed by atoms with Crippen LogP contribution < -0.4 is 5.32 Å². The number of carbonyl (C=O) groups excluding carboxylic acids is 1. The van der Waals surface area contributed by atoms with Crippen LogP contribution in [0.15, 0.2) is 42.6 Å². The lowest BCUT2D eigenvalue weighted by molar-refractivity contribution is 0.0793. The summed E-state index contributed by atoms with van der Waals surface area (Å²) in [6.07, 6.45) is 3.51. The molecule has 7 heteroatoms. The molecule has 1 N–H and O–H groups in total. The molecule has 1 aliphatic rings. The van der Waals surface area contributed by atoms with Crippen molar-refractivity contribution in [2.75, 3.05) is 18.4 Å². The normalized spacial score (nSPS) is 14.0. The molecule has 0 radical (unpaired) electrons. The van der Waals surface area contributed by atoms with Gasteiger partial charge in [0.25, 0.3) is 5.91 Å². The first kappa shape index (κ1) is 18.0. The van der Waals surface area contributed by atoms with E-state index in [1.165, 1.54) is 12.1 Å². The number of hydrogen-bond acceptors (Lipinski definition) is 3. The van der Waals surface area contributed by atoms with Crippen LogP contribution in [0.3, 0.4) is 0 Å². The third-order valence-electron chi connectivity index (χ3n) is 4.64. The van der Waals surface area contributed by atoms with Gasteiger partial charge in [-0.15, -0.1) is 0 Å². The van der Waals surface area contributed by atoms with E-state index in [-0.39, 0.29) is 5.91 Å². The summed E-state index contributed by atoms with van der Waals surface area (Å²) in [4.78, 5) is 19.2. The molecule has 0 bridgehead atoms. The fourth-order valence-electron chi connectivity index (χ4n) is 3.27. The van der Waals surface area contributed by atoms with Gasteiger partial charge in [-0.05, 0) is 49.2 Å². The minimum absolute atomic E-state index is 0.117. The zero-order valence-electron chi connectivity index (χ0n) is 14.3. The Labute approximate surface area is 165 Å². The van der Waals surface area contributed by atoms with E-state index in [1.54, 1.807) is 35.4 Å². The molecular weight excluding hydrogens is 388 g/mol. The smallest absolute Gasteiger partial charge is 0.257 e. The zero-order chi connectivity index (χ0) is 19.0. The number of pyridine rings is 1. The molecular formula is C20H16Cl2FN3O. The van der Waals surface area contributed by atoms with E-state index in [0.717, 1.165) is 12.8 Å². The fourth-order valence-corrected chi connectivity index (χ4v) is 3.57. The van der Waals surface area contributed by atoms with E-state index in [9.17, 15) is 9.18 Å². The van der Waals surface area contributed by atoms with Crippen molar-refractivity contribution in [2.45, 2.75) is 12.8 Å². The quantitative estimate of drug-likeness (QED) is 0.613. The van der Waals surface area contributed by atoms with Crippen LogP contribution in [0, 0.1) is 5.82 Å². The number of nitrogens with one attached hydrogen (secondary N) is 1. The second kappa shape index (κ2) is 7.33. The highest BCUT2D eigenvalue weighted by Gasteiger charge is 2.24. The SMILES string of the molecule is O=C(c1cnc2ccc(F)cc2c1Nc1ccc(Cl)c(Cl)c1)N1CCCC1. The maximum absolute atomic E-state index is 13.9. The lowest BCUT2D eigenvalue weighted by Crippen LogP contribution is -2.28. The van der Waals surface area contributed by atoms with Gasteiger partial charge < -0.3 is 10.2 Å². The molecule has 1 aromatic heterocycles. The second-order valence-electron chi connectivity index (χ2n) is 6.46. The Bertz CT molecular complexity index is 1040. The molecule has 4 rings (SSSR count). The van der Waals surface area contributed by atoms with Gasteiger partial charge in [-0.1, -0.05) is 23.2 Å². The largest absolute Gasteiger partial charge is 0.354 e. The summed E-state index contributed by atoms with van der Waals surface area (Å²) in [6, 6.07) is 9.40. The van der Waals surface area contributed by atoms with Gasteiger partial charge >= 0.3 is 0 Å². The van der Waals surface area contributed by atoms with Gasteiger partial charge in [-0.2, -0.15) is 0 Å². The lowest BCUT2D eigenvalue weighted by Gasteiger charge is -2.19. The predicted octanol–water partition coefficient (Wildman–Crippen LogP) is 5.66. The van der Waals surface area contributed by atoms with Crippen LogP contribution in [0.1, 0.15) is 23.2 Å². The van der Waals surface area contributed by atoms with Crippen molar-refractivity contribution < 1.29 is 9.18 Å². The molecule has 27 heavy (non-hydrogen) atoms. The predicted molar refractivity (Wildman–Crippen MR) is 107 cm³/mol. The highest BCUT2D eigenvalue weighted by Crippen LogP contribution is 2.33. The minimum atomic E-state index is -0.396. The number of aromatic nitrogens is 1. The maximum Gasteiger partial charge on any atom is 0.257 e. The number of carbonyl (C=O) groups is 1. The molecule has 2 aromatic carbocycles. The van der Waals surface area contributed by atoms with Gasteiger partial charge in [0.05, 0.1) is 26.8 Å². The molecule has 0 atom stereocenters. The van der Waals surface area contributed by atoms with Crippen molar-refractivity contribution in [1.29, 1.82) is 0 Å². The fraction of sp³-hybridized carbons (Fsp3) is 0.200. The first-order valence-corrected chi connectivity index (χ1v) is 9.38. The Balaban J connectivity index is 1.85. The number of anilines is 2. The summed E-state index contributed by atoms with van der Waals surface area (Å²) in [5.74, 6) is -0.513. The molecule has 4 nitrogen and oxygen atoms in total. The third kappa shape index (κ3) is 3.57. The Morgan fingerprint density at radius 2 is 1.85 bits per heavy atom. The molecule has 3 aromatic rings. The Morgan fingerprint density at radius 3 is 2.59 bits per heavy atom. The number of likely N-dealkylation sites (tertiary alicyclic amines) is 1. The summed E-state index contributed by atoms with van der Waals surface area (Å²) in [5.41, 5.74) is 2.16. The Hall–Kier alpha value is -2.37.